The first-order valence-electron chi connectivity index (χ1n) is 11.0. The molecule has 5 rings (SSSR count). The zero-order valence-corrected chi connectivity index (χ0v) is 17.8. The van der Waals surface area contributed by atoms with E-state index in [0.29, 0.717) is 11.7 Å². The molecule has 2 aromatic heterocycles. The van der Waals surface area contributed by atoms with Crippen molar-refractivity contribution in [2.45, 2.75) is 52.6 Å². The van der Waals surface area contributed by atoms with Crippen molar-refractivity contribution >= 4 is 11.4 Å². The number of amides is 1. The highest BCUT2D eigenvalue weighted by atomic mass is 16.5. The van der Waals surface area contributed by atoms with Crippen LogP contribution in [0.15, 0.2) is 24.4 Å². The third-order valence-corrected chi connectivity index (χ3v) is 7.85. The van der Waals surface area contributed by atoms with Crippen molar-refractivity contribution in [3.05, 3.63) is 35.9 Å². The molecule has 3 unspecified atom stereocenters. The third-order valence-electron chi connectivity index (χ3n) is 7.85. The van der Waals surface area contributed by atoms with E-state index in [1.165, 1.54) is 19.3 Å². The van der Waals surface area contributed by atoms with Gasteiger partial charge >= 0.3 is 0 Å². The molecule has 0 spiro atoms. The van der Waals surface area contributed by atoms with Crippen molar-refractivity contribution in [2.75, 3.05) is 26.3 Å². The largest absolute Gasteiger partial charge is 0.379 e. The summed E-state index contributed by atoms with van der Waals surface area (Å²) in [5.41, 5.74) is 2.32. The topological polar surface area (TPSA) is 58.9 Å². The number of fused-ring (bicyclic) bond motifs is 3. The number of aromatic nitrogens is 2. The summed E-state index contributed by atoms with van der Waals surface area (Å²) < 4.78 is 7.42. The Bertz CT molecular complexity index is 925. The molecule has 2 aliphatic carbocycles. The van der Waals surface area contributed by atoms with Gasteiger partial charge < -0.3 is 10.1 Å². The van der Waals surface area contributed by atoms with E-state index in [4.69, 9.17) is 9.72 Å². The van der Waals surface area contributed by atoms with Gasteiger partial charge in [0.2, 0.25) is 5.82 Å². The first-order chi connectivity index (χ1) is 13.9. The second kappa shape index (κ2) is 6.81. The molecule has 0 radical (unpaired) electrons. The lowest BCUT2D eigenvalue weighted by Crippen LogP contribution is -2.52. The standard InChI is InChI=1S/C23H32N4O2/c1-22(2)16-7-8-23(3,14-16)21(22)25-20(28)19-24-17(15-26-10-12-29-13-11-26)18-6-4-5-9-27(18)19/h4-6,9,16,21H,7-8,10-15H2,1-3H3,(H,25,28). The van der Waals surface area contributed by atoms with Crippen LogP contribution in [-0.2, 0) is 11.3 Å². The Balaban J connectivity index is 1.43. The number of imidazole rings is 1. The van der Waals surface area contributed by atoms with Crippen molar-refractivity contribution in [3.8, 4) is 0 Å². The number of morpholine rings is 1. The van der Waals surface area contributed by atoms with Gasteiger partial charge in [-0.25, -0.2) is 4.98 Å². The second-order valence-corrected chi connectivity index (χ2v) is 10.0. The molecule has 156 valence electrons. The molecule has 1 amide bonds. The van der Waals surface area contributed by atoms with E-state index in [9.17, 15) is 4.79 Å². The SMILES string of the molecule is CC12CCC(C1)C(C)(C)C2NC(=O)c1nc(CN2CCOCC2)c2ccccn12. The maximum atomic E-state index is 13.4. The average molecular weight is 397 g/mol. The van der Waals surface area contributed by atoms with Gasteiger partial charge in [0.05, 0.1) is 24.4 Å². The first-order valence-corrected chi connectivity index (χ1v) is 11.0. The molecular formula is C23H32N4O2. The lowest BCUT2D eigenvalue weighted by molar-refractivity contribution is 0.0338. The van der Waals surface area contributed by atoms with Crippen molar-refractivity contribution in [1.29, 1.82) is 0 Å². The van der Waals surface area contributed by atoms with Crippen LogP contribution in [0.2, 0.25) is 0 Å². The Morgan fingerprint density at radius 3 is 2.79 bits per heavy atom. The van der Waals surface area contributed by atoms with Crippen LogP contribution < -0.4 is 5.32 Å². The molecule has 29 heavy (non-hydrogen) atoms. The Morgan fingerprint density at radius 2 is 2.07 bits per heavy atom. The molecule has 2 aromatic rings. The fourth-order valence-electron chi connectivity index (χ4n) is 6.21. The van der Waals surface area contributed by atoms with E-state index in [2.05, 4.69) is 37.1 Å². The maximum Gasteiger partial charge on any atom is 0.287 e. The van der Waals surface area contributed by atoms with Crippen molar-refractivity contribution < 1.29 is 9.53 Å². The van der Waals surface area contributed by atoms with Gasteiger partial charge in [-0.1, -0.05) is 26.8 Å². The van der Waals surface area contributed by atoms with Gasteiger partial charge in [0.15, 0.2) is 0 Å². The van der Waals surface area contributed by atoms with Crippen LogP contribution in [0, 0.1) is 16.7 Å². The number of carbonyl (C=O) groups excluding carboxylic acids is 1. The quantitative estimate of drug-likeness (QED) is 0.863. The first kappa shape index (κ1) is 19.1. The number of ether oxygens (including phenoxy) is 1. The molecule has 6 heteroatoms. The van der Waals surface area contributed by atoms with Gasteiger partial charge in [0.1, 0.15) is 0 Å². The predicted octanol–water partition coefficient (Wildman–Crippen LogP) is 3.11. The number of nitrogens with one attached hydrogen (secondary N) is 1. The molecule has 2 bridgehead atoms. The summed E-state index contributed by atoms with van der Waals surface area (Å²) >= 11 is 0. The van der Waals surface area contributed by atoms with E-state index in [1.807, 2.05) is 22.7 Å². The van der Waals surface area contributed by atoms with Crippen molar-refractivity contribution in [1.82, 2.24) is 19.6 Å². The molecular weight excluding hydrogens is 364 g/mol. The highest BCUT2D eigenvalue weighted by molar-refractivity contribution is 5.92. The predicted molar refractivity (Wildman–Crippen MR) is 112 cm³/mol. The number of hydrogen-bond donors (Lipinski definition) is 1. The van der Waals surface area contributed by atoms with Crippen LogP contribution in [0.4, 0.5) is 0 Å². The minimum atomic E-state index is -0.0497. The number of nitrogens with zero attached hydrogens (tertiary/aromatic N) is 3. The number of rotatable bonds is 4. The van der Waals surface area contributed by atoms with Crippen molar-refractivity contribution in [2.24, 2.45) is 16.7 Å². The summed E-state index contributed by atoms with van der Waals surface area (Å²) in [5.74, 6) is 1.16. The van der Waals surface area contributed by atoms with E-state index < -0.39 is 0 Å². The summed E-state index contributed by atoms with van der Waals surface area (Å²) in [5, 5.41) is 3.41. The monoisotopic (exact) mass is 396 g/mol. The Labute approximate surface area is 172 Å². The van der Waals surface area contributed by atoms with Gasteiger partial charge in [-0.15, -0.1) is 0 Å². The van der Waals surface area contributed by atoms with Crippen LogP contribution in [0.1, 0.15) is 56.3 Å². The minimum absolute atomic E-state index is 0.0497. The highest BCUT2D eigenvalue weighted by Crippen LogP contribution is 2.62. The molecule has 1 aliphatic heterocycles. The number of carbonyl (C=O) groups is 1. The molecule has 3 aliphatic rings. The molecule has 3 heterocycles. The van der Waals surface area contributed by atoms with Gasteiger partial charge in [0, 0.05) is 31.9 Å². The van der Waals surface area contributed by atoms with Gasteiger partial charge in [-0.05, 0) is 48.1 Å². The van der Waals surface area contributed by atoms with Crippen LogP contribution in [0.5, 0.6) is 0 Å². The lowest BCUT2D eigenvalue weighted by Gasteiger charge is -2.42. The number of pyridine rings is 1. The molecule has 2 saturated carbocycles. The van der Waals surface area contributed by atoms with Crippen LogP contribution in [-0.4, -0.2) is 52.5 Å². The van der Waals surface area contributed by atoms with E-state index in [-0.39, 0.29) is 22.8 Å². The lowest BCUT2D eigenvalue weighted by atomic mass is 9.68. The van der Waals surface area contributed by atoms with Gasteiger partial charge in [-0.3, -0.25) is 14.1 Å². The fraction of sp³-hybridized carbons (Fsp3) is 0.652. The molecule has 6 nitrogen and oxygen atoms in total. The van der Waals surface area contributed by atoms with E-state index in [0.717, 1.165) is 44.1 Å². The summed E-state index contributed by atoms with van der Waals surface area (Å²) in [6.07, 6.45) is 5.66. The molecule has 1 saturated heterocycles. The van der Waals surface area contributed by atoms with Gasteiger partial charge in [0.25, 0.3) is 5.91 Å². The van der Waals surface area contributed by atoms with Crippen LogP contribution in [0.25, 0.3) is 5.52 Å². The third kappa shape index (κ3) is 3.08. The van der Waals surface area contributed by atoms with Gasteiger partial charge in [-0.2, -0.15) is 0 Å². The van der Waals surface area contributed by atoms with Crippen LogP contribution in [0.3, 0.4) is 0 Å². The molecule has 3 fully saturated rings. The highest BCUT2D eigenvalue weighted by Gasteiger charge is 2.59. The second-order valence-electron chi connectivity index (χ2n) is 10.0. The average Bonchev–Trinajstić information content (AvgIpc) is 3.33. The normalized spacial score (nSPS) is 31.4. The van der Waals surface area contributed by atoms with Crippen molar-refractivity contribution in [3.63, 3.8) is 0 Å². The summed E-state index contributed by atoms with van der Waals surface area (Å²) in [6.45, 7) is 11.1. The fourth-order valence-corrected chi connectivity index (χ4v) is 6.21. The summed E-state index contributed by atoms with van der Waals surface area (Å²) in [6, 6.07) is 6.23. The van der Waals surface area contributed by atoms with E-state index >= 15 is 0 Å². The molecule has 3 atom stereocenters. The summed E-state index contributed by atoms with van der Waals surface area (Å²) in [7, 11) is 0. The smallest absolute Gasteiger partial charge is 0.287 e. The zero-order valence-electron chi connectivity index (χ0n) is 17.8. The van der Waals surface area contributed by atoms with Crippen LogP contribution >= 0.6 is 0 Å². The Kier molecular flexibility index (Phi) is 4.48. The minimum Gasteiger partial charge on any atom is -0.379 e. The zero-order chi connectivity index (χ0) is 20.2. The Morgan fingerprint density at radius 1 is 1.28 bits per heavy atom. The van der Waals surface area contributed by atoms with E-state index in [1.54, 1.807) is 0 Å². The maximum absolute atomic E-state index is 13.4. The Hall–Kier alpha value is -1.92. The number of hydrogen-bond acceptors (Lipinski definition) is 4. The molecule has 0 aromatic carbocycles. The molecule has 1 N–H and O–H groups in total. The summed E-state index contributed by atoms with van der Waals surface area (Å²) in [4.78, 5) is 20.6.